The Labute approximate surface area is 119 Å². The van der Waals surface area contributed by atoms with Gasteiger partial charge in [0.15, 0.2) is 0 Å². The van der Waals surface area contributed by atoms with E-state index in [1.165, 1.54) is 30.5 Å². The van der Waals surface area contributed by atoms with Gasteiger partial charge in [-0.2, -0.15) is 0 Å². The molecule has 1 aromatic rings. The summed E-state index contributed by atoms with van der Waals surface area (Å²) in [5.74, 6) is 0. The molecule has 1 unspecified atom stereocenters. The average Bonchev–Trinajstić information content (AvgIpc) is 2.49. The standard InChI is InChI=1S/C15H21ClN2O/c16-12-4-5-14(18-7-2-1-3-8-18)13(10-12)15-11-17-6-9-19-15/h4-5,10,15,17H,1-3,6-9,11H2. The van der Waals surface area contributed by atoms with Crippen LogP contribution in [-0.2, 0) is 4.74 Å². The summed E-state index contributed by atoms with van der Waals surface area (Å²) >= 11 is 6.18. The Morgan fingerprint density at radius 3 is 2.79 bits per heavy atom. The zero-order chi connectivity index (χ0) is 13.1. The SMILES string of the molecule is Clc1ccc(N2CCCCC2)c(C2CNCCO2)c1. The van der Waals surface area contributed by atoms with E-state index in [-0.39, 0.29) is 6.10 Å². The van der Waals surface area contributed by atoms with E-state index in [0.717, 1.165) is 37.8 Å². The van der Waals surface area contributed by atoms with Gasteiger partial charge in [-0.3, -0.25) is 0 Å². The summed E-state index contributed by atoms with van der Waals surface area (Å²) in [6, 6.07) is 6.22. The molecule has 0 amide bonds. The molecule has 2 aliphatic rings. The fraction of sp³-hybridized carbons (Fsp3) is 0.600. The van der Waals surface area contributed by atoms with E-state index >= 15 is 0 Å². The fourth-order valence-electron chi connectivity index (χ4n) is 2.97. The average molecular weight is 281 g/mol. The first-order valence-electron chi connectivity index (χ1n) is 7.21. The summed E-state index contributed by atoms with van der Waals surface area (Å²) in [4.78, 5) is 2.48. The van der Waals surface area contributed by atoms with Crippen molar-refractivity contribution in [1.82, 2.24) is 5.32 Å². The van der Waals surface area contributed by atoms with Crippen molar-refractivity contribution in [1.29, 1.82) is 0 Å². The lowest BCUT2D eigenvalue weighted by atomic mass is 10.0. The Hall–Kier alpha value is -0.770. The number of nitrogens with zero attached hydrogens (tertiary/aromatic N) is 1. The third-order valence-electron chi connectivity index (χ3n) is 3.96. The van der Waals surface area contributed by atoms with Crippen molar-refractivity contribution in [2.24, 2.45) is 0 Å². The molecule has 1 aromatic carbocycles. The maximum absolute atomic E-state index is 6.18. The molecule has 0 aliphatic carbocycles. The van der Waals surface area contributed by atoms with Crippen molar-refractivity contribution in [2.45, 2.75) is 25.4 Å². The molecule has 0 spiro atoms. The van der Waals surface area contributed by atoms with Gasteiger partial charge in [-0.25, -0.2) is 0 Å². The molecule has 19 heavy (non-hydrogen) atoms. The molecule has 0 aromatic heterocycles. The van der Waals surface area contributed by atoms with E-state index in [0.29, 0.717) is 0 Å². The van der Waals surface area contributed by atoms with Crippen molar-refractivity contribution in [2.75, 3.05) is 37.7 Å². The third kappa shape index (κ3) is 3.04. The molecule has 0 radical (unpaired) electrons. The number of hydrogen-bond donors (Lipinski definition) is 1. The summed E-state index contributed by atoms with van der Waals surface area (Å²) in [5, 5.41) is 4.19. The van der Waals surface area contributed by atoms with Crippen molar-refractivity contribution in [3.63, 3.8) is 0 Å². The second kappa shape index (κ2) is 6.12. The van der Waals surface area contributed by atoms with Gasteiger partial charge in [-0.15, -0.1) is 0 Å². The number of piperidine rings is 1. The van der Waals surface area contributed by atoms with Crippen LogP contribution in [-0.4, -0.2) is 32.8 Å². The lowest BCUT2D eigenvalue weighted by Crippen LogP contribution is -2.35. The van der Waals surface area contributed by atoms with Gasteiger partial charge < -0.3 is 15.0 Å². The van der Waals surface area contributed by atoms with Gasteiger partial charge in [0, 0.05) is 42.5 Å². The minimum Gasteiger partial charge on any atom is -0.371 e. The summed E-state index contributed by atoms with van der Waals surface area (Å²) in [6.07, 6.45) is 4.04. The summed E-state index contributed by atoms with van der Waals surface area (Å²) in [5.41, 5.74) is 2.54. The highest BCUT2D eigenvalue weighted by Gasteiger charge is 2.22. The zero-order valence-corrected chi connectivity index (χ0v) is 12.0. The lowest BCUT2D eigenvalue weighted by Gasteiger charge is -2.33. The van der Waals surface area contributed by atoms with Crippen LogP contribution in [0.1, 0.15) is 30.9 Å². The summed E-state index contributed by atoms with van der Waals surface area (Å²) < 4.78 is 5.90. The minimum atomic E-state index is 0.129. The molecule has 0 saturated carbocycles. The number of rotatable bonds is 2. The molecule has 4 heteroatoms. The first-order chi connectivity index (χ1) is 9.34. The Balaban J connectivity index is 1.88. The molecule has 0 bridgehead atoms. The van der Waals surface area contributed by atoms with Crippen LogP contribution >= 0.6 is 11.6 Å². The number of morpholine rings is 1. The van der Waals surface area contributed by atoms with Gasteiger partial charge in [0.2, 0.25) is 0 Å². The molecule has 2 heterocycles. The Morgan fingerprint density at radius 2 is 2.05 bits per heavy atom. The van der Waals surface area contributed by atoms with Crippen LogP contribution < -0.4 is 10.2 Å². The molecular formula is C15H21ClN2O. The second-order valence-corrected chi connectivity index (χ2v) is 5.75. The smallest absolute Gasteiger partial charge is 0.0970 e. The first-order valence-corrected chi connectivity index (χ1v) is 7.59. The molecule has 3 nitrogen and oxygen atoms in total. The lowest BCUT2D eigenvalue weighted by molar-refractivity contribution is 0.0279. The van der Waals surface area contributed by atoms with Crippen molar-refractivity contribution in [3.8, 4) is 0 Å². The van der Waals surface area contributed by atoms with E-state index in [1.54, 1.807) is 0 Å². The third-order valence-corrected chi connectivity index (χ3v) is 4.20. The number of halogens is 1. The Kier molecular flexibility index (Phi) is 4.26. The number of ether oxygens (including phenoxy) is 1. The zero-order valence-electron chi connectivity index (χ0n) is 11.2. The topological polar surface area (TPSA) is 24.5 Å². The highest BCUT2D eigenvalue weighted by atomic mass is 35.5. The number of hydrogen-bond acceptors (Lipinski definition) is 3. The van der Waals surface area contributed by atoms with Crippen LogP contribution in [0.5, 0.6) is 0 Å². The van der Waals surface area contributed by atoms with Crippen LogP contribution in [0.15, 0.2) is 18.2 Å². The van der Waals surface area contributed by atoms with E-state index < -0.39 is 0 Å². The van der Waals surface area contributed by atoms with E-state index in [4.69, 9.17) is 16.3 Å². The predicted octanol–water partition coefficient (Wildman–Crippen LogP) is 2.99. The highest BCUT2D eigenvalue weighted by Crippen LogP contribution is 2.33. The van der Waals surface area contributed by atoms with Crippen LogP contribution in [0.2, 0.25) is 5.02 Å². The normalized spacial score (nSPS) is 24.5. The maximum atomic E-state index is 6.18. The van der Waals surface area contributed by atoms with Crippen LogP contribution in [0, 0.1) is 0 Å². The van der Waals surface area contributed by atoms with Crippen LogP contribution in [0.4, 0.5) is 5.69 Å². The molecule has 2 fully saturated rings. The number of benzene rings is 1. The first kappa shape index (κ1) is 13.2. The Morgan fingerprint density at radius 1 is 1.21 bits per heavy atom. The minimum absolute atomic E-state index is 0.129. The van der Waals surface area contributed by atoms with Crippen molar-refractivity contribution >= 4 is 17.3 Å². The van der Waals surface area contributed by atoms with Crippen molar-refractivity contribution in [3.05, 3.63) is 28.8 Å². The quantitative estimate of drug-likeness (QED) is 0.901. The van der Waals surface area contributed by atoms with Crippen LogP contribution in [0.25, 0.3) is 0 Å². The molecule has 104 valence electrons. The number of nitrogens with one attached hydrogen (secondary N) is 1. The molecule has 3 rings (SSSR count). The molecule has 1 atom stereocenters. The van der Waals surface area contributed by atoms with Gasteiger partial charge >= 0.3 is 0 Å². The van der Waals surface area contributed by atoms with Gasteiger partial charge in [-0.1, -0.05) is 11.6 Å². The van der Waals surface area contributed by atoms with Crippen molar-refractivity contribution < 1.29 is 4.74 Å². The van der Waals surface area contributed by atoms with E-state index in [1.807, 2.05) is 6.07 Å². The van der Waals surface area contributed by atoms with Gasteiger partial charge in [-0.05, 0) is 37.5 Å². The van der Waals surface area contributed by atoms with E-state index in [9.17, 15) is 0 Å². The van der Waals surface area contributed by atoms with Gasteiger partial charge in [0.25, 0.3) is 0 Å². The Bertz CT molecular complexity index is 426. The van der Waals surface area contributed by atoms with Gasteiger partial charge in [0.05, 0.1) is 12.7 Å². The molecule has 2 aliphatic heterocycles. The monoisotopic (exact) mass is 280 g/mol. The second-order valence-electron chi connectivity index (χ2n) is 5.31. The summed E-state index contributed by atoms with van der Waals surface area (Å²) in [6.45, 7) is 4.89. The highest BCUT2D eigenvalue weighted by molar-refractivity contribution is 6.30. The summed E-state index contributed by atoms with van der Waals surface area (Å²) in [7, 11) is 0. The van der Waals surface area contributed by atoms with Crippen LogP contribution in [0.3, 0.4) is 0 Å². The molecule has 2 saturated heterocycles. The predicted molar refractivity (Wildman–Crippen MR) is 79.1 cm³/mol. The fourth-order valence-corrected chi connectivity index (χ4v) is 3.15. The largest absolute Gasteiger partial charge is 0.371 e. The molecular weight excluding hydrogens is 260 g/mol. The number of anilines is 1. The maximum Gasteiger partial charge on any atom is 0.0970 e. The van der Waals surface area contributed by atoms with Gasteiger partial charge in [0.1, 0.15) is 0 Å². The van der Waals surface area contributed by atoms with E-state index in [2.05, 4.69) is 22.3 Å². The molecule has 1 N–H and O–H groups in total.